The van der Waals surface area contributed by atoms with Crippen molar-refractivity contribution in [1.82, 2.24) is 10.1 Å². The zero-order valence-corrected chi connectivity index (χ0v) is 12.1. The molecule has 0 atom stereocenters. The predicted molar refractivity (Wildman–Crippen MR) is 79.9 cm³/mol. The Morgan fingerprint density at radius 1 is 1.48 bits per heavy atom. The molecule has 7 heteroatoms. The third kappa shape index (κ3) is 4.57. The average Bonchev–Trinajstić information content (AvgIpc) is 3.11. The van der Waals surface area contributed by atoms with Crippen molar-refractivity contribution >= 4 is 29.0 Å². The molecule has 0 fully saturated rings. The van der Waals surface area contributed by atoms with Crippen LogP contribution in [-0.4, -0.2) is 35.0 Å². The Balaban J connectivity index is 1.92. The minimum Gasteiger partial charge on any atom is -0.363 e. The number of nitrogens with one attached hydrogen (secondary N) is 1. The normalized spacial score (nSPS) is 10.1. The van der Waals surface area contributed by atoms with Crippen LogP contribution in [0, 0.1) is 0 Å². The van der Waals surface area contributed by atoms with Gasteiger partial charge >= 0.3 is 0 Å². The van der Waals surface area contributed by atoms with Crippen molar-refractivity contribution < 1.29 is 14.1 Å². The molecular formula is C14H15N3O3S. The van der Waals surface area contributed by atoms with Gasteiger partial charge in [-0.1, -0.05) is 17.3 Å². The molecule has 0 aliphatic carbocycles. The molecule has 1 N–H and O–H groups in total. The number of nitrogens with zero attached hydrogens (tertiary/aromatic N) is 2. The van der Waals surface area contributed by atoms with E-state index in [9.17, 15) is 9.59 Å². The molecule has 0 bridgehead atoms. The maximum atomic E-state index is 12.2. The van der Waals surface area contributed by atoms with Crippen molar-refractivity contribution in [1.29, 1.82) is 0 Å². The van der Waals surface area contributed by atoms with Gasteiger partial charge in [0, 0.05) is 17.5 Å². The Labute approximate surface area is 126 Å². The summed E-state index contributed by atoms with van der Waals surface area (Å²) in [5.41, 5.74) is 0. The summed E-state index contributed by atoms with van der Waals surface area (Å²) in [6.45, 7) is 3.88. The van der Waals surface area contributed by atoms with Gasteiger partial charge in [-0.05, 0) is 11.4 Å². The van der Waals surface area contributed by atoms with E-state index in [1.165, 1.54) is 28.6 Å². The molecule has 0 unspecified atom stereocenters. The molecule has 0 aliphatic rings. The summed E-state index contributed by atoms with van der Waals surface area (Å²) in [6, 6.07) is 5.32. The van der Waals surface area contributed by atoms with Crippen LogP contribution in [0.25, 0.3) is 0 Å². The van der Waals surface area contributed by atoms with Gasteiger partial charge in [-0.3, -0.25) is 9.59 Å². The first kappa shape index (κ1) is 15.0. The summed E-state index contributed by atoms with van der Waals surface area (Å²) >= 11 is 1.51. The van der Waals surface area contributed by atoms with Gasteiger partial charge in [0.05, 0.1) is 6.42 Å². The molecule has 2 aromatic heterocycles. The first-order valence-electron chi connectivity index (χ1n) is 6.30. The predicted octanol–water partition coefficient (Wildman–Crippen LogP) is 1.93. The van der Waals surface area contributed by atoms with E-state index < -0.39 is 0 Å². The highest BCUT2D eigenvalue weighted by Crippen LogP contribution is 2.11. The van der Waals surface area contributed by atoms with Crippen molar-refractivity contribution in [3.05, 3.63) is 47.4 Å². The summed E-state index contributed by atoms with van der Waals surface area (Å²) in [7, 11) is 0. The minimum atomic E-state index is -0.328. The zero-order chi connectivity index (χ0) is 15.1. The van der Waals surface area contributed by atoms with Gasteiger partial charge in [0.15, 0.2) is 5.82 Å². The van der Waals surface area contributed by atoms with E-state index in [0.717, 1.165) is 4.88 Å². The number of thiophene rings is 1. The number of carbonyl (C=O) groups excluding carboxylic acids is 2. The molecule has 0 spiro atoms. The van der Waals surface area contributed by atoms with Gasteiger partial charge in [0.1, 0.15) is 12.8 Å². The van der Waals surface area contributed by atoms with E-state index in [1.54, 1.807) is 6.08 Å². The Hall–Kier alpha value is -2.41. The van der Waals surface area contributed by atoms with Crippen molar-refractivity contribution in [3.8, 4) is 0 Å². The lowest BCUT2D eigenvalue weighted by Crippen LogP contribution is -2.38. The molecule has 6 nitrogen and oxygen atoms in total. The summed E-state index contributed by atoms with van der Waals surface area (Å²) < 4.78 is 4.63. The number of anilines is 1. The van der Waals surface area contributed by atoms with Crippen LogP contribution >= 0.6 is 11.3 Å². The molecule has 0 saturated carbocycles. The van der Waals surface area contributed by atoms with E-state index >= 15 is 0 Å². The second-order valence-electron chi connectivity index (χ2n) is 4.25. The van der Waals surface area contributed by atoms with Gasteiger partial charge in [-0.2, -0.15) is 0 Å². The van der Waals surface area contributed by atoms with E-state index in [2.05, 4.69) is 21.6 Å². The van der Waals surface area contributed by atoms with Crippen LogP contribution in [0.2, 0.25) is 0 Å². The van der Waals surface area contributed by atoms with Gasteiger partial charge in [0.2, 0.25) is 11.8 Å². The highest BCUT2D eigenvalue weighted by Gasteiger charge is 2.17. The van der Waals surface area contributed by atoms with Crippen molar-refractivity contribution in [2.24, 2.45) is 0 Å². The van der Waals surface area contributed by atoms with Crippen molar-refractivity contribution in [3.63, 3.8) is 0 Å². The van der Waals surface area contributed by atoms with Gasteiger partial charge in [-0.25, -0.2) is 0 Å². The number of amides is 2. The fraction of sp³-hybridized carbons (Fsp3) is 0.214. The molecule has 2 rings (SSSR count). The Morgan fingerprint density at radius 2 is 2.33 bits per heavy atom. The fourth-order valence-electron chi connectivity index (χ4n) is 1.72. The second-order valence-corrected chi connectivity index (χ2v) is 5.28. The van der Waals surface area contributed by atoms with Crippen LogP contribution in [0.15, 0.2) is 47.0 Å². The van der Waals surface area contributed by atoms with Crippen LogP contribution < -0.4 is 5.32 Å². The first-order chi connectivity index (χ1) is 10.2. The second kappa shape index (κ2) is 7.39. The summed E-state index contributed by atoms with van der Waals surface area (Å²) in [5, 5.41) is 8.06. The third-order valence-corrected chi connectivity index (χ3v) is 3.52. The largest absolute Gasteiger partial charge is 0.363 e. The maximum absolute atomic E-state index is 12.2. The van der Waals surface area contributed by atoms with Crippen LogP contribution in [0.3, 0.4) is 0 Å². The number of hydrogen-bond acceptors (Lipinski definition) is 5. The van der Waals surface area contributed by atoms with E-state index in [1.807, 2.05) is 17.5 Å². The first-order valence-corrected chi connectivity index (χ1v) is 7.18. The lowest BCUT2D eigenvalue weighted by atomic mass is 10.3. The van der Waals surface area contributed by atoms with Crippen molar-refractivity contribution in [2.45, 2.75) is 6.42 Å². The van der Waals surface area contributed by atoms with Gasteiger partial charge < -0.3 is 14.7 Å². The smallest absolute Gasteiger partial charge is 0.245 e. The van der Waals surface area contributed by atoms with Gasteiger partial charge in [0.25, 0.3) is 0 Å². The molecule has 110 valence electrons. The van der Waals surface area contributed by atoms with E-state index in [4.69, 9.17) is 0 Å². The summed E-state index contributed by atoms with van der Waals surface area (Å²) in [5.74, 6) is -0.123. The minimum absolute atomic E-state index is 0.0525. The number of carbonyl (C=O) groups is 2. The van der Waals surface area contributed by atoms with Crippen LogP contribution in [0.4, 0.5) is 5.82 Å². The van der Waals surface area contributed by atoms with Crippen LogP contribution in [0.1, 0.15) is 4.88 Å². The zero-order valence-electron chi connectivity index (χ0n) is 11.3. The lowest BCUT2D eigenvalue weighted by molar-refractivity contribution is -0.133. The molecule has 0 radical (unpaired) electrons. The molecule has 2 heterocycles. The topological polar surface area (TPSA) is 75.4 Å². The average molecular weight is 305 g/mol. The molecule has 0 saturated heterocycles. The lowest BCUT2D eigenvalue weighted by Gasteiger charge is -2.20. The monoisotopic (exact) mass is 305 g/mol. The van der Waals surface area contributed by atoms with Crippen molar-refractivity contribution in [2.75, 3.05) is 18.4 Å². The highest BCUT2D eigenvalue weighted by molar-refractivity contribution is 7.10. The molecule has 0 aliphatic heterocycles. The molecule has 2 amide bonds. The third-order valence-electron chi connectivity index (χ3n) is 2.65. The number of aromatic nitrogens is 1. The maximum Gasteiger partial charge on any atom is 0.245 e. The number of rotatable bonds is 7. The molecule has 21 heavy (non-hydrogen) atoms. The Bertz CT molecular complexity index is 593. The summed E-state index contributed by atoms with van der Waals surface area (Å²) in [6.07, 6.45) is 3.23. The Morgan fingerprint density at radius 3 is 2.95 bits per heavy atom. The van der Waals surface area contributed by atoms with Gasteiger partial charge in [-0.15, -0.1) is 17.9 Å². The standard InChI is InChI=1S/C14H15N3O3S/c1-2-6-17(14(19)9-11-4-3-8-21-11)10-13(18)15-12-5-7-20-16-12/h2-5,7-8H,1,6,9-10H2,(H,15,16,18). The van der Waals surface area contributed by atoms with Crippen LogP contribution in [-0.2, 0) is 16.0 Å². The van der Waals surface area contributed by atoms with E-state index in [0.29, 0.717) is 12.4 Å². The molecule has 2 aromatic rings. The highest BCUT2D eigenvalue weighted by atomic mass is 32.1. The quantitative estimate of drug-likeness (QED) is 0.793. The SMILES string of the molecule is C=CCN(CC(=O)Nc1ccon1)C(=O)Cc1cccs1. The fourth-order valence-corrected chi connectivity index (χ4v) is 2.41. The number of hydrogen-bond donors (Lipinski definition) is 1. The van der Waals surface area contributed by atoms with E-state index in [-0.39, 0.29) is 24.8 Å². The summed E-state index contributed by atoms with van der Waals surface area (Å²) in [4.78, 5) is 26.5. The van der Waals surface area contributed by atoms with Crippen LogP contribution in [0.5, 0.6) is 0 Å². The Kier molecular flexibility index (Phi) is 5.28. The molecular weight excluding hydrogens is 290 g/mol. The molecule has 0 aromatic carbocycles.